The molecular formula is C13H21N3O5. The highest BCUT2D eigenvalue weighted by molar-refractivity contribution is 5.84. The molecule has 0 aliphatic carbocycles. The standard InChI is InChI=1S/C13H21N3O5/c1-8-3-6-16(10(8)11(17)18)13(20)15-5-4-9(7-15)14-12(19)21-2/h8-10H,3-7H2,1-2H3,(H,14,19)(H,17,18). The molecule has 2 heterocycles. The van der Waals surface area contributed by atoms with Gasteiger partial charge in [0.25, 0.3) is 0 Å². The van der Waals surface area contributed by atoms with Crippen LogP contribution in [0.1, 0.15) is 19.8 Å². The number of carboxylic acid groups (broad SMARTS) is 1. The first-order chi connectivity index (χ1) is 9.93. The zero-order chi connectivity index (χ0) is 15.6. The lowest BCUT2D eigenvalue weighted by atomic mass is 10.0. The second-order valence-corrected chi connectivity index (χ2v) is 5.59. The van der Waals surface area contributed by atoms with Crippen LogP contribution in [-0.4, -0.2) is 71.8 Å². The van der Waals surface area contributed by atoms with Gasteiger partial charge in [-0.15, -0.1) is 0 Å². The Kier molecular flexibility index (Phi) is 4.54. The monoisotopic (exact) mass is 299 g/mol. The number of likely N-dealkylation sites (tertiary alicyclic amines) is 2. The topological polar surface area (TPSA) is 99.2 Å². The maximum atomic E-state index is 12.5. The quantitative estimate of drug-likeness (QED) is 0.765. The van der Waals surface area contributed by atoms with E-state index >= 15 is 0 Å². The summed E-state index contributed by atoms with van der Waals surface area (Å²) in [6.07, 6.45) is 0.815. The van der Waals surface area contributed by atoms with Gasteiger partial charge in [0, 0.05) is 19.6 Å². The molecule has 0 spiro atoms. The summed E-state index contributed by atoms with van der Waals surface area (Å²) in [7, 11) is 1.29. The number of nitrogens with one attached hydrogen (secondary N) is 1. The number of alkyl carbamates (subject to hydrolysis) is 1. The van der Waals surface area contributed by atoms with Crippen molar-refractivity contribution in [3.8, 4) is 0 Å². The molecule has 0 radical (unpaired) electrons. The number of hydrogen-bond donors (Lipinski definition) is 2. The number of rotatable bonds is 2. The summed E-state index contributed by atoms with van der Waals surface area (Å²) >= 11 is 0. The molecule has 21 heavy (non-hydrogen) atoms. The molecule has 2 aliphatic rings. The first-order valence-electron chi connectivity index (χ1n) is 7.07. The Balaban J connectivity index is 1.95. The van der Waals surface area contributed by atoms with Gasteiger partial charge in [-0.25, -0.2) is 14.4 Å². The van der Waals surface area contributed by atoms with E-state index in [4.69, 9.17) is 0 Å². The van der Waals surface area contributed by atoms with Crippen molar-refractivity contribution in [1.29, 1.82) is 0 Å². The van der Waals surface area contributed by atoms with Crippen molar-refractivity contribution in [2.24, 2.45) is 5.92 Å². The van der Waals surface area contributed by atoms with Crippen LogP contribution in [0.5, 0.6) is 0 Å². The van der Waals surface area contributed by atoms with Crippen LogP contribution in [0.2, 0.25) is 0 Å². The highest BCUT2D eigenvalue weighted by atomic mass is 16.5. The molecular weight excluding hydrogens is 278 g/mol. The minimum atomic E-state index is -0.961. The minimum Gasteiger partial charge on any atom is -0.480 e. The summed E-state index contributed by atoms with van der Waals surface area (Å²) in [6.45, 7) is 3.19. The van der Waals surface area contributed by atoms with Crippen molar-refractivity contribution >= 4 is 18.1 Å². The zero-order valence-corrected chi connectivity index (χ0v) is 12.2. The van der Waals surface area contributed by atoms with Gasteiger partial charge in [0.1, 0.15) is 6.04 Å². The number of carbonyl (C=O) groups is 3. The number of hydrogen-bond acceptors (Lipinski definition) is 4. The number of urea groups is 1. The Morgan fingerprint density at radius 2 is 1.95 bits per heavy atom. The van der Waals surface area contributed by atoms with Gasteiger partial charge in [0.15, 0.2) is 0 Å². The average molecular weight is 299 g/mol. The Bertz CT molecular complexity index is 442. The molecule has 3 atom stereocenters. The smallest absolute Gasteiger partial charge is 0.407 e. The van der Waals surface area contributed by atoms with Crippen LogP contribution in [0.15, 0.2) is 0 Å². The van der Waals surface area contributed by atoms with Crippen molar-refractivity contribution in [1.82, 2.24) is 15.1 Å². The average Bonchev–Trinajstić information content (AvgIpc) is 3.04. The molecule has 0 aromatic heterocycles. The van der Waals surface area contributed by atoms with Crippen LogP contribution in [-0.2, 0) is 9.53 Å². The van der Waals surface area contributed by atoms with Crippen molar-refractivity contribution in [2.45, 2.75) is 31.8 Å². The summed E-state index contributed by atoms with van der Waals surface area (Å²) in [5.74, 6) is -1.00. The summed E-state index contributed by atoms with van der Waals surface area (Å²) in [5, 5.41) is 11.9. The van der Waals surface area contributed by atoms with Gasteiger partial charge >= 0.3 is 18.1 Å². The van der Waals surface area contributed by atoms with E-state index in [-0.39, 0.29) is 18.0 Å². The van der Waals surface area contributed by atoms with Crippen molar-refractivity contribution in [2.75, 3.05) is 26.7 Å². The molecule has 0 saturated carbocycles. The lowest BCUT2D eigenvalue weighted by molar-refractivity contribution is -0.142. The van der Waals surface area contributed by atoms with Crippen LogP contribution in [0.25, 0.3) is 0 Å². The highest BCUT2D eigenvalue weighted by Crippen LogP contribution is 2.26. The highest BCUT2D eigenvalue weighted by Gasteiger charge is 2.42. The van der Waals surface area contributed by atoms with Gasteiger partial charge in [0.2, 0.25) is 0 Å². The van der Waals surface area contributed by atoms with Gasteiger partial charge < -0.3 is 25.0 Å². The number of aliphatic carboxylic acids is 1. The number of amides is 3. The summed E-state index contributed by atoms with van der Waals surface area (Å²) in [4.78, 5) is 37.9. The van der Waals surface area contributed by atoms with E-state index in [1.165, 1.54) is 12.0 Å². The number of methoxy groups -OCH3 is 1. The second kappa shape index (κ2) is 6.19. The molecule has 8 heteroatoms. The molecule has 2 saturated heterocycles. The number of ether oxygens (including phenoxy) is 1. The van der Waals surface area contributed by atoms with Crippen LogP contribution in [0, 0.1) is 5.92 Å². The predicted molar refractivity (Wildman–Crippen MR) is 72.8 cm³/mol. The third kappa shape index (κ3) is 3.20. The normalized spacial score (nSPS) is 28.6. The minimum absolute atomic E-state index is 0.0435. The van der Waals surface area contributed by atoms with Crippen LogP contribution >= 0.6 is 0 Å². The van der Waals surface area contributed by atoms with E-state index in [1.807, 2.05) is 6.92 Å². The Labute approximate surface area is 123 Å². The fourth-order valence-electron chi connectivity index (χ4n) is 3.00. The molecule has 0 aromatic rings. The fourth-order valence-corrected chi connectivity index (χ4v) is 3.00. The number of carbonyl (C=O) groups excluding carboxylic acids is 2. The maximum absolute atomic E-state index is 12.5. The molecule has 0 bridgehead atoms. The van der Waals surface area contributed by atoms with Crippen molar-refractivity contribution in [3.63, 3.8) is 0 Å². The number of nitrogens with zero attached hydrogens (tertiary/aromatic N) is 2. The number of carboxylic acids is 1. The van der Waals surface area contributed by atoms with E-state index in [9.17, 15) is 19.5 Å². The first-order valence-corrected chi connectivity index (χ1v) is 7.07. The van der Waals surface area contributed by atoms with Crippen LogP contribution in [0.4, 0.5) is 9.59 Å². The zero-order valence-electron chi connectivity index (χ0n) is 12.2. The predicted octanol–water partition coefficient (Wildman–Crippen LogP) is 0.332. The van der Waals surface area contributed by atoms with Gasteiger partial charge in [-0.1, -0.05) is 6.92 Å². The van der Waals surface area contributed by atoms with Gasteiger partial charge in [-0.05, 0) is 18.8 Å². The maximum Gasteiger partial charge on any atom is 0.407 e. The third-order valence-corrected chi connectivity index (χ3v) is 4.16. The van der Waals surface area contributed by atoms with Gasteiger partial charge in [0.05, 0.1) is 13.2 Å². The van der Waals surface area contributed by atoms with Gasteiger partial charge in [-0.3, -0.25) is 0 Å². The van der Waals surface area contributed by atoms with E-state index in [0.717, 1.165) is 0 Å². The Morgan fingerprint density at radius 1 is 1.24 bits per heavy atom. The van der Waals surface area contributed by atoms with E-state index in [0.29, 0.717) is 32.5 Å². The third-order valence-electron chi connectivity index (χ3n) is 4.16. The molecule has 3 amide bonds. The molecule has 8 nitrogen and oxygen atoms in total. The second-order valence-electron chi connectivity index (χ2n) is 5.59. The van der Waals surface area contributed by atoms with Crippen molar-refractivity contribution < 1.29 is 24.2 Å². The molecule has 2 rings (SSSR count). The van der Waals surface area contributed by atoms with E-state index in [1.54, 1.807) is 4.90 Å². The van der Waals surface area contributed by atoms with Crippen LogP contribution in [0.3, 0.4) is 0 Å². The van der Waals surface area contributed by atoms with Crippen LogP contribution < -0.4 is 5.32 Å². The molecule has 2 fully saturated rings. The Hall–Kier alpha value is -1.99. The molecule has 3 unspecified atom stereocenters. The van der Waals surface area contributed by atoms with Crippen molar-refractivity contribution in [3.05, 3.63) is 0 Å². The largest absolute Gasteiger partial charge is 0.480 e. The van der Waals surface area contributed by atoms with E-state index < -0.39 is 18.1 Å². The molecule has 0 aromatic carbocycles. The summed E-state index contributed by atoms with van der Waals surface area (Å²) in [5.41, 5.74) is 0. The van der Waals surface area contributed by atoms with Gasteiger partial charge in [-0.2, -0.15) is 0 Å². The first kappa shape index (κ1) is 15.4. The SMILES string of the molecule is COC(=O)NC1CCN(C(=O)N2CCC(C)C2C(=O)O)C1. The summed E-state index contributed by atoms with van der Waals surface area (Å²) in [6, 6.07) is -1.17. The fraction of sp³-hybridized carbons (Fsp3) is 0.769. The lowest BCUT2D eigenvalue weighted by Gasteiger charge is -2.28. The summed E-state index contributed by atoms with van der Waals surface area (Å²) < 4.78 is 4.53. The molecule has 2 aliphatic heterocycles. The lowest BCUT2D eigenvalue weighted by Crippen LogP contribution is -2.49. The molecule has 2 N–H and O–H groups in total. The Morgan fingerprint density at radius 3 is 2.57 bits per heavy atom. The van der Waals surface area contributed by atoms with E-state index in [2.05, 4.69) is 10.1 Å². The molecule has 118 valence electrons.